The van der Waals surface area contributed by atoms with Gasteiger partial charge in [-0.05, 0) is 36.8 Å². The lowest BCUT2D eigenvalue weighted by Gasteiger charge is -2.08. The van der Waals surface area contributed by atoms with E-state index < -0.39 is 0 Å². The van der Waals surface area contributed by atoms with E-state index in [-0.39, 0.29) is 11.9 Å². The van der Waals surface area contributed by atoms with Crippen LogP contribution in [0, 0.1) is 5.82 Å². The van der Waals surface area contributed by atoms with Gasteiger partial charge in [-0.1, -0.05) is 12.1 Å². The van der Waals surface area contributed by atoms with Gasteiger partial charge in [0.2, 0.25) is 0 Å². The van der Waals surface area contributed by atoms with E-state index in [1.807, 2.05) is 19.1 Å². The van der Waals surface area contributed by atoms with E-state index in [1.165, 1.54) is 12.1 Å². The molecule has 100 valence electrons. The van der Waals surface area contributed by atoms with Gasteiger partial charge in [0.25, 0.3) is 0 Å². The lowest BCUT2D eigenvalue weighted by molar-refractivity contribution is 0.304. The zero-order valence-electron chi connectivity index (χ0n) is 10.8. The number of halogens is 1. The van der Waals surface area contributed by atoms with E-state index in [1.54, 1.807) is 18.3 Å². The molecule has 3 nitrogen and oxygen atoms in total. The summed E-state index contributed by atoms with van der Waals surface area (Å²) in [5, 5.41) is 0. The summed E-state index contributed by atoms with van der Waals surface area (Å²) in [5.74, 6) is 0.448. The number of benzene rings is 1. The van der Waals surface area contributed by atoms with Crippen molar-refractivity contribution in [3.8, 4) is 5.75 Å². The lowest BCUT2D eigenvalue weighted by Crippen LogP contribution is -2.18. The molecule has 0 aliphatic carbocycles. The normalized spacial score (nSPS) is 12.2. The standard InChI is InChI=1S/C15H17FN2O/c1-11(17)8-14-6-7-15(9-18-14)19-10-12-2-4-13(16)5-3-12/h2-7,9,11H,8,10,17H2,1H3. The van der Waals surface area contributed by atoms with Crippen LogP contribution in [-0.2, 0) is 13.0 Å². The topological polar surface area (TPSA) is 48.1 Å². The maximum atomic E-state index is 12.7. The first-order valence-electron chi connectivity index (χ1n) is 6.21. The van der Waals surface area contributed by atoms with Gasteiger partial charge < -0.3 is 10.5 Å². The number of hydrogen-bond acceptors (Lipinski definition) is 3. The maximum Gasteiger partial charge on any atom is 0.138 e. The van der Waals surface area contributed by atoms with Gasteiger partial charge >= 0.3 is 0 Å². The van der Waals surface area contributed by atoms with Crippen LogP contribution in [-0.4, -0.2) is 11.0 Å². The minimum atomic E-state index is -0.245. The third-order valence-electron chi connectivity index (χ3n) is 2.65. The number of nitrogens with zero attached hydrogens (tertiary/aromatic N) is 1. The molecule has 0 spiro atoms. The van der Waals surface area contributed by atoms with Crippen molar-refractivity contribution in [3.63, 3.8) is 0 Å². The van der Waals surface area contributed by atoms with Crippen LogP contribution in [0.4, 0.5) is 4.39 Å². The van der Waals surface area contributed by atoms with Crippen LogP contribution in [0.25, 0.3) is 0 Å². The summed E-state index contributed by atoms with van der Waals surface area (Å²) in [5.41, 5.74) is 7.57. The fourth-order valence-electron chi connectivity index (χ4n) is 1.69. The molecule has 1 aromatic carbocycles. The summed E-state index contributed by atoms with van der Waals surface area (Å²) in [6.45, 7) is 2.34. The van der Waals surface area contributed by atoms with Crippen molar-refractivity contribution in [2.75, 3.05) is 0 Å². The van der Waals surface area contributed by atoms with E-state index in [0.717, 1.165) is 17.7 Å². The van der Waals surface area contributed by atoms with Crippen molar-refractivity contribution in [2.24, 2.45) is 5.73 Å². The van der Waals surface area contributed by atoms with Crippen molar-refractivity contribution in [1.29, 1.82) is 0 Å². The molecule has 0 aliphatic heterocycles. The fourth-order valence-corrected chi connectivity index (χ4v) is 1.69. The highest BCUT2D eigenvalue weighted by Gasteiger charge is 2.01. The molecular weight excluding hydrogens is 243 g/mol. The van der Waals surface area contributed by atoms with Crippen molar-refractivity contribution in [3.05, 3.63) is 59.7 Å². The number of rotatable bonds is 5. The van der Waals surface area contributed by atoms with Crippen LogP contribution in [0.1, 0.15) is 18.2 Å². The Hall–Kier alpha value is -1.94. The minimum absolute atomic E-state index is 0.0958. The molecule has 0 amide bonds. The number of aromatic nitrogens is 1. The van der Waals surface area contributed by atoms with Crippen molar-refractivity contribution in [1.82, 2.24) is 4.98 Å². The summed E-state index contributed by atoms with van der Waals surface area (Å²) in [6.07, 6.45) is 2.43. The Morgan fingerprint density at radius 3 is 2.53 bits per heavy atom. The average Bonchev–Trinajstić information content (AvgIpc) is 2.39. The van der Waals surface area contributed by atoms with Gasteiger partial charge in [0.1, 0.15) is 18.2 Å². The molecular formula is C15H17FN2O. The van der Waals surface area contributed by atoms with E-state index in [2.05, 4.69) is 4.98 Å². The van der Waals surface area contributed by atoms with Crippen LogP contribution < -0.4 is 10.5 Å². The van der Waals surface area contributed by atoms with Gasteiger partial charge in [-0.2, -0.15) is 0 Å². The molecule has 1 unspecified atom stereocenters. The molecule has 2 aromatic rings. The molecule has 2 rings (SSSR count). The highest BCUT2D eigenvalue weighted by Crippen LogP contribution is 2.13. The van der Waals surface area contributed by atoms with Crippen LogP contribution in [0.2, 0.25) is 0 Å². The summed E-state index contributed by atoms with van der Waals surface area (Å²) in [6, 6.07) is 10.1. The third-order valence-corrected chi connectivity index (χ3v) is 2.65. The van der Waals surface area contributed by atoms with Gasteiger partial charge in [0, 0.05) is 18.2 Å². The Balaban J connectivity index is 1.91. The second-order valence-corrected chi connectivity index (χ2v) is 4.58. The molecule has 19 heavy (non-hydrogen) atoms. The molecule has 2 N–H and O–H groups in total. The molecule has 0 aliphatic rings. The summed E-state index contributed by atoms with van der Waals surface area (Å²) in [4.78, 5) is 4.28. The van der Waals surface area contributed by atoms with Crippen molar-refractivity contribution in [2.45, 2.75) is 26.0 Å². The van der Waals surface area contributed by atoms with E-state index in [0.29, 0.717) is 12.4 Å². The molecule has 0 fully saturated rings. The Kier molecular flexibility index (Phi) is 4.47. The van der Waals surface area contributed by atoms with Crippen LogP contribution in [0.5, 0.6) is 5.75 Å². The largest absolute Gasteiger partial charge is 0.487 e. The number of pyridine rings is 1. The average molecular weight is 260 g/mol. The first-order valence-corrected chi connectivity index (χ1v) is 6.21. The summed E-state index contributed by atoms with van der Waals surface area (Å²) < 4.78 is 18.3. The molecule has 0 saturated heterocycles. The predicted octanol–water partition coefficient (Wildman–Crippen LogP) is 2.69. The molecule has 4 heteroatoms. The highest BCUT2D eigenvalue weighted by molar-refractivity contribution is 5.22. The smallest absolute Gasteiger partial charge is 0.138 e. The Labute approximate surface area is 112 Å². The SMILES string of the molecule is CC(N)Cc1ccc(OCc2ccc(F)cc2)cn1. The summed E-state index contributed by atoms with van der Waals surface area (Å²) in [7, 11) is 0. The molecule has 1 atom stereocenters. The number of ether oxygens (including phenoxy) is 1. The van der Waals surface area contributed by atoms with Crippen LogP contribution >= 0.6 is 0 Å². The summed E-state index contributed by atoms with van der Waals surface area (Å²) >= 11 is 0. The zero-order chi connectivity index (χ0) is 13.7. The van der Waals surface area contributed by atoms with Crippen LogP contribution in [0.3, 0.4) is 0 Å². The Morgan fingerprint density at radius 1 is 1.21 bits per heavy atom. The van der Waals surface area contributed by atoms with Crippen LogP contribution in [0.15, 0.2) is 42.6 Å². The van der Waals surface area contributed by atoms with E-state index in [4.69, 9.17) is 10.5 Å². The van der Waals surface area contributed by atoms with Gasteiger partial charge in [-0.25, -0.2) is 4.39 Å². The fraction of sp³-hybridized carbons (Fsp3) is 0.267. The number of hydrogen-bond donors (Lipinski definition) is 1. The van der Waals surface area contributed by atoms with E-state index >= 15 is 0 Å². The molecule has 0 radical (unpaired) electrons. The second-order valence-electron chi connectivity index (χ2n) is 4.58. The minimum Gasteiger partial charge on any atom is -0.487 e. The molecule has 1 heterocycles. The molecule has 1 aromatic heterocycles. The first-order chi connectivity index (χ1) is 9.13. The Bertz CT molecular complexity index is 509. The van der Waals surface area contributed by atoms with Gasteiger partial charge in [-0.15, -0.1) is 0 Å². The Morgan fingerprint density at radius 2 is 1.95 bits per heavy atom. The van der Waals surface area contributed by atoms with Gasteiger partial charge in [-0.3, -0.25) is 4.98 Å². The quantitative estimate of drug-likeness (QED) is 0.899. The van der Waals surface area contributed by atoms with Crippen molar-refractivity contribution >= 4 is 0 Å². The second kappa shape index (κ2) is 6.29. The molecule has 0 bridgehead atoms. The zero-order valence-corrected chi connectivity index (χ0v) is 10.8. The van der Waals surface area contributed by atoms with Gasteiger partial charge in [0.15, 0.2) is 0 Å². The first kappa shape index (κ1) is 13.5. The van der Waals surface area contributed by atoms with Crippen molar-refractivity contribution < 1.29 is 9.13 Å². The monoisotopic (exact) mass is 260 g/mol. The number of nitrogens with two attached hydrogens (primary N) is 1. The van der Waals surface area contributed by atoms with E-state index in [9.17, 15) is 4.39 Å². The predicted molar refractivity (Wildman–Crippen MR) is 72.3 cm³/mol. The highest BCUT2D eigenvalue weighted by atomic mass is 19.1. The lowest BCUT2D eigenvalue weighted by atomic mass is 10.2. The molecule has 0 saturated carbocycles. The maximum absolute atomic E-state index is 12.7. The van der Waals surface area contributed by atoms with Gasteiger partial charge in [0.05, 0.1) is 6.20 Å². The third kappa shape index (κ3) is 4.34.